The summed E-state index contributed by atoms with van der Waals surface area (Å²) in [7, 11) is 1.50. The molecule has 0 aliphatic carbocycles. The van der Waals surface area contributed by atoms with Gasteiger partial charge in [0.15, 0.2) is 29.8 Å². The zero-order valence-corrected chi connectivity index (χ0v) is 15.5. The molecule has 1 aromatic carbocycles. The van der Waals surface area contributed by atoms with Gasteiger partial charge in [-0.25, -0.2) is 9.78 Å². The average Bonchev–Trinajstić information content (AvgIpc) is 3.06. The van der Waals surface area contributed by atoms with E-state index in [1.807, 2.05) is 13.0 Å². The predicted molar refractivity (Wildman–Crippen MR) is 94.7 cm³/mol. The number of hydrogen-bond donors (Lipinski definition) is 0. The lowest BCUT2D eigenvalue weighted by atomic mass is 10.1. The van der Waals surface area contributed by atoms with Gasteiger partial charge in [0.1, 0.15) is 5.01 Å². The molecule has 0 fully saturated rings. The van der Waals surface area contributed by atoms with Gasteiger partial charge in [-0.1, -0.05) is 0 Å². The molecule has 0 unspecified atom stereocenters. The van der Waals surface area contributed by atoms with Crippen LogP contribution >= 0.6 is 11.3 Å². The van der Waals surface area contributed by atoms with Crippen LogP contribution in [0.15, 0.2) is 23.6 Å². The fraction of sp³-hybridized carbons (Fsp3) is 0.333. The van der Waals surface area contributed by atoms with Crippen molar-refractivity contribution in [1.29, 1.82) is 5.26 Å². The molecule has 136 valence electrons. The van der Waals surface area contributed by atoms with Crippen molar-refractivity contribution in [2.24, 2.45) is 0 Å². The Morgan fingerprint density at radius 3 is 2.69 bits per heavy atom. The summed E-state index contributed by atoms with van der Waals surface area (Å²) in [5, 5.41) is 11.4. The van der Waals surface area contributed by atoms with Gasteiger partial charge in [0.25, 0.3) is 0 Å². The molecule has 1 atom stereocenters. The minimum atomic E-state index is -1.05. The van der Waals surface area contributed by atoms with Gasteiger partial charge in [-0.05, 0) is 32.0 Å². The summed E-state index contributed by atoms with van der Waals surface area (Å²) in [5.74, 6) is -1.36. The molecule has 7 nitrogen and oxygen atoms in total. The average molecular weight is 374 g/mol. The smallest absolute Gasteiger partial charge is 0.338 e. The lowest BCUT2D eigenvalue weighted by Gasteiger charge is -2.11. The molecule has 0 radical (unpaired) electrons. The van der Waals surface area contributed by atoms with Crippen molar-refractivity contribution in [3.63, 3.8) is 0 Å². The maximum absolute atomic E-state index is 12.2. The van der Waals surface area contributed by atoms with E-state index < -0.39 is 24.3 Å². The molecule has 0 saturated heterocycles. The number of carbonyl (C=O) groups is 2. The summed E-state index contributed by atoms with van der Waals surface area (Å²) in [6, 6.07) is 6.49. The van der Waals surface area contributed by atoms with Crippen LogP contribution in [0, 0.1) is 18.3 Å². The van der Waals surface area contributed by atoms with Crippen molar-refractivity contribution in [2.45, 2.75) is 19.8 Å². The van der Waals surface area contributed by atoms with E-state index in [-0.39, 0.29) is 5.56 Å². The van der Waals surface area contributed by atoms with Crippen LogP contribution in [0.2, 0.25) is 0 Å². The fourth-order valence-electron chi connectivity index (χ4n) is 2.15. The number of aromatic nitrogens is 1. The Balaban J connectivity index is 2.04. The monoisotopic (exact) mass is 374 g/mol. The summed E-state index contributed by atoms with van der Waals surface area (Å²) >= 11 is 1.23. The number of rotatable bonds is 8. The van der Waals surface area contributed by atoms with Crippen molar-refractivity contribution in [2.75, 3.05) is 20.3 Å². The van der Waals surface area contributed by atoms with Crippen LogP contribution in [0.1, 0.15) is 33.9 Å². The van der Waals surface area contributed by atoms with E-state index in [1.165, 1.54) is 30.6 Å². The molecule has 2 rings (SSSR count). The number of nitriles is 1. The first-order valence-corrected chi connectivity index (χ1v) is 8.70. The Morgan fingerprint density at radius 2 is 2.12 bits per heavy atom. The molecule has 0 N–H and O–H groups in total. The Kier molecular flexibility index (Phi) is 6.69. The number of ether oxygens (including phenoxy) is 3. The minimum absolute atomic E-state index is 0.223. The third-order valence-electron chi connectivity index (χ3n) is 3.38. The van der Waals surface area contributed by atoms with Gasteiger partial charge in [0, 0.05) is 11.1 Å². The van der Waals surface area contributed by atoms with Crippen LogP contribution in [0.25, 0.3) is 0 Å². The number of ketones is 1. The van der Waals surface area contributed by atoms with Crippen molar-refractivity contribution < 1.29 is 23.8 Å². The van der Waals surface area contributed by atoms with Crippen LogP contribution in [0.3, 0.4) is 0 Å². The number of aryl methyl sites for hydroxylation is 1. The van der Waals surface area contributed by atoms with Gasteiger partial charge in [0.05, 0.1) is 25.3 Å². The number of esters is 1. The van der Waals surface area contributed by atoms with Crippen molar-refractivity contribution >= 4 is 23.1 Å². The molecule has 0 saturated carbocycles. The van der Waals surface area contributed by atoms with E-state index in [2.05, 4.69) is 4.98 Å². The molecule has 2 aromatic rings. The molecule has 26 heavy (non-hydrogen) atoms. The third-order valence-corrected chi connectivity index (χ3v) is 4.41. The van der Waals surface area contributed by atoms with Crippen LogP contribution < -0.4 is 9.47 Å². The highest BCUT2D eigenvalue weighted by atomic mass is 32.1. The fourth-order valence-corrected chi connectivity index (χ4v) is 3.01. The Morgan fingerprint density at radius 1 is 1.35 bits per heavy atom. The van der Waals surface area contributed by atoms with E-state index >= 15 is 0 Å². The lowest BCUT2D eigenvalue weighted by molar-refractivity contribution is -0.122. The first kappa shape index (κ1) is 19.4. The first-order chi connectivity index (χ1) is 12.5. The van der Waals surface area contributed by atoms with Gasteiger partial charge < -0.3 is 14.2 Å². The number of Topliss-reactive ketones (excluding diaryl/α,β-unsaturated/α-hetero) is 1. The second-order valence-corrected chi connectivity index (χ2v) is 6.12. The topological polar surface area (TPSA) is 98.5 Å². The molecule has 0 aliphatic heterocycles. The molecule has 0 amide bonds. The Labute approximate surface area is 155 Å². The highest BCUT2D eigenvalue weighted by molar-refractivity contribution is 7.09. The molecule has 0 spiro atoms. The third kappa shape index (κ3) is 4.58. The van der Waals surface area contributed by atoms with Gasteiger partial charge >= 0.3 is 5.97 Å². The predicted octanol–water partition coefficient (Wildman–Crippen LogP) is 2.89. The zero-order valence-electron chi connectivity index (χ0n) is 14.6. The minimum Gasteiger partial charge on any atom is -0.493 e. The summed E-state index contributed by atoms with van der Waals surface area (Å²) < 4.78 is 15.6. The van der Waals surface area contributed by atoms with E-state index in [4.69, 9.17) is 14.2 Å². The lowest BCUT2D eigenvalue weighted by Crippen LogP contribution is -2.20. The van der Waals surface area contributed by atoms with Gasteiger partial charge in [-0.2, -0.15) is 5.26 Å². The largest absolute Gasteiger partial charge is 0.493 e. The second-order valence-electron chi connectivity index (χ2n) is 5.23. The summed E-state index contributed by atoms with van der Waals surface area (Å²) in [6.07, 6.45) is 0. The highest BCUT2D eigenvalue weighted by Gasteiger charge is 2.25. The maximum Gasteiger partial charge on any atom is 0.338 e. The number of methoxy groups -OCH3 is 1. The molecule has 1 aromatic heterocycles. The van der Waals surface area contributed by atoms with Gasteiger partial charge in [-0.15, -0.1) is 11.3 Å². The SMILES string of the molecule is CCOc1cc(C(=O)OCC(=O)[C@@H](C#N)c2nc(C)cs2)ccc1OC. The van der Waals surface area contributed by atoms with Gasteiger partial charge in [0.2, 0.25) is 0 Å². The first-order valence-electron chi connectivity index (χ1n) is 7.82. The van der Waals surface area contributed by atoms with E-state index in [9.17, 15) is 14.9 Å². The van der Waals surface area contributed by atoms with Crippen LogP contribution in [0.4, 0.5) is 0 Å². The molecule has 0 bridgehead atoms. The quantitative estimate of drug-likeness (QED) is 0.655. The van der Waals surface area contributed by atoms with Crippen molar-refractivity contribution in [1.82, 2.24) is 4.98 Å². The maximum atomic E-state index is 12.2. The normalized spacial score (nSPS) is 11.3. The van der Waals surface area contributed by atoms with Crippen molar-refractivity contribution in [3.05, 3.63) is 39.8 Å². The highest BCUT2D eigenvalue weighted by Crippen LogP contribution is 2.28. The van der Waals surface area contributed by atoms with Crippen molar-refractivity contribution in [3.8, 4) is 17.6 Å². The molecular formula is C18H18N2O5S. The van der Waals surface area contributed by atoms with E-state index in [0.29, 0.717) is 23.1 Å². The summed E-state index contributed by atoms with van der Waals surface area (Å²) in [5.41, 5.74) is 0.956. The Hall–Kier alpha value is -2.92. The Bertz CT molecular complexity index is 840. The second kappa shape index (κ2) is 8.97. The van der Waals surface area contributed by atoms with Gasteiger partial charge in [-0.3, -0.25) is 4.79 Å². The van der Waals surface area contributed by atoms with Crippen LogP contribution in [0.5, 0.6) is 11.5 Å². The summed E-state index contributed by atoms with van der Waals surface area (Å²) in [4.78, 5) is 28.5. The molecule has 8 heteroatoms. The molecule has 1 heterocycles. The standard InChI is InChI=1S/C18H18N2O5S/c1-4-24-16-7-12(5-6-15(16)23-3)18(22)25-9-14(21)13(8-19)17-20-11(2)10-26-17/h5-7,10,13H,4,9H2,1-3H3/t13-/m1/s1. The molecule has 0 aliphatic rings. The van der Waals surface area contributed by atoms with Crippen LogP contribution in [-0.4, -0.2) is 37.1 Å². The van der Waals surface area contributed by atoms with E-state index in [0.717, 1.165) is 5.69 Å². The zero-order chi connectivity index (χ0) is 19.1. The van der Waals surface area contributed by atoms with Crippen LogP contribution in [-0.2, 0) is 9.53 Å². The summed E-state index contributed by atoms with van der Waals surface area (Å²) in [6.45, 7) is 3.49. The van der Waals surface area contributed by atoms with E-state index in [1.54, 1.807) is 18.4 Å². The number of nitrogens with zero attached hydrogens (tertiary/aromatic N) is 2. The number of hydrogen-bond acceptors (Lipinski definition) is 8. The number of thiazole rings is 1. The molecular weight excluding hydrogens is 356 g/mol. The number of carbonyl (C=O) groups excluding carboxylic acids is 2. The number of benzene rings is 1.